The normalized spacial score (nSPS) is 14.3. The summed E-state index contributed by atoms with van der Waals surface area (Å²) in [6.07, 6.45) is 2.40. The van der Waals surface area contributed by atoms with Crippen molar-refractivity contribution in [1.29, 1.82) is 0 Å². The number of ketones is 1. The quantitative estimate of drug-likeness (QED) is 0.261. The molecule has 0 aromatic carbocycles. The van der Waals surface area contributed by atoms with Crippen molar-refractivity contribution in [2.45, 2.75) is 71.5 Å². The number of halogens is 2. The summed E-state index contributed by atoms with van der Waals surface area (Å²) in [7, 11) is 0. The minimum Gasteiger partial charge on any atom is -0.344 e. The van der Waals surface area contributed by atoms with Gasteiger partial charge in [-0.2, -0.15) is 0 Å². The standard InChI is InChI=1S/C18H35ClN4O3.ClH/c1-11(2)9-14(23-18(26)16(21)12(3)4)17(25)22-13(15(24)10-19)7-5-6-8-20;/h11-14,16H,5-10,20-21H2,1-4H3,(H,22,25)(H,23,26);1H. The molecule has 7 nitrogen and oxygen atoms in total. The van der Waals surface area contributed by atoms with Gasteiger partial charge in [0.15, 0.2) is 5.78 Å². The number of carbonyl (C=O) groups excluding carboxylic acids is 3. The number of hydrogen-bond donors (Lipinski definition) is 4. The first kappa shape index (κ1) is 28.3. The third-order valence-electron chi connectivity index (χ3n) is 4.14. The average Bonchev–Trinajstić information content (AvgIpc) is 2.58. The van der Waals surface area contributed by atoms with Crippen LogP contribution in [0.25, 0.3) is 0 Å². The molecule has 6 N–H and O–H groups in total. The van der Waals surface area contributed by atoms with Crippen LogP contribution in [0.15, 0.2) is 0 Å². The summed E-state index contributed by atoms with van der Waals surface area (Å²) in [5.41, 5.74) is 11.3. The van der Waals surface area contributed by atoms with Crippen molar-refractivity contribution in [1.82, 2.24) is 10.6 Å². The molecule has 0 radical (unpaired) electrons. The number of rotatable bonds is 13. The van der Waals surface area contributed by atoms with Gasteiger partial charge >= 0.3 is 0 Å². The van der Waals surface area contributed by atoms with E-state index in [-0.39, 0.29) is 47.7 Å². The van der Waals surface area contributed by atoms with Gasteiger partial charge in [-0.25, -0.2) is 0 Å². The summed E-state index contributed by atoms with van der Waals surface area (Å²) in [6, 6.07) is -2.10. The van der Waals surface area contributed by atoms with Crippen LogP contribution in [0, 0.1) is 11.8 Å². The van der Waals surface area contributed by atoms with Crippen molar-refractivity contribution in [3.05, 3.63) is 0 Å². The Hall–Kier alpha value is -0.890. The Balaban J connectivity index is 0. The lowest BCUT2D eigenvalue weighted by Crippen LogP contribution is -2.55. The van der Waals surface area contributed by atoms with E-state index in [0.29, 0.717) is 25.8 Å². The van der Waals surface area contributed by atoms with Crippen LogP contribution in [0.1, 0.15) is 53.4 Å². The van der Waals surface area contributed by atoms with E-state index in [9.17, 15) is 14.4 Å². The number of hydrogen-bond acceptors (Lipinski definition) is 5. The van der Waals surface area contributed by atoms with E-state index in [1.165, 1.54) is 0 Å². The molecule has 0 aromatic rings. The molecule has 2 amide bonds. The zero-order chi connectivity index (χ0) is 20.3. The van der Waals surface area contributed by atoms with E-state index in [2.05, 4.69) is 10.6 Å². The Morgan fingerprint density at radius 3 is 1.96 bits per heavy atom. The van der Waals surface area contributed by atoms with Crippen molar-refractivity contribution in [3.8, 4) is 0 Å². The summed E-state index contributed by atoms with van der Waals surface area (Å²) in [6.45, 7) is 8.12. The maximum absolute atomic E-state index is 12.7. The fraction of sp³-hybridized carbons (Fsp3) is 0.833. The van der Waals surface area contributed by atoms with Gasteiger partial charge in [0.2, 0.25) is 11.8 Å². The molecule has 9 heteroatoms. The van der Waals surface area contributed by atoms with Gasteiger partial charge in [0.05, 0.1) is 18.0 Å². The molecule has 160 valence electrons. The second kappa shape index (κ2) is 15.1. The van der Waals surface area contributed by atoms with Crippen LogP contribution in [0.2, 0.25) is 0 Å². The number of Topliss-reactive ketones (excluding diaryl/α,β-unsaturated/α-hetero) is 1. The summed E-state index contributed by atoms with van der Waals surface area (Å²) in [4.78, 5) is 37.0. The Kier molecular flexibility index (Phi) is 15.8. The molecule has 0 heterocycles. The molecule has 0 saturated carbocycles. The van der Waals surface area contributed by atoms with Gasteiger partial charge in [-0.15, -0.1) is 24.0 Å². The molecule has 0 spiro atoms. The van der Waals surface area contributed by atoms with E-state index >= 15 is 0 Å². The van der Waals surface area contributed by atoms with Crippen molar-refractivity contribution in [2.75, 3.05) is 12.4 Å². The number of carbonyl (C=O) groups is 3. The molecular weight excluding hydrogens is 391 g/mol. The van der Waals surface area contributed by atoms with E-state index in [1.54, 1.807) is 0 Å². The molecule has 0 aliphatic rings. The van der Waals surface area contributed by atoms with Gasteiger partial charge in [-0.3, -0.25) is 14.4 Å². The second-order valence-corrected chi connectivity index (χ2v) is 7.67. The zero-order valence-electron chi connectivity index (χ0n) is 16.8. The van der Waals surface area contributed by atoms with E-state index in [1.807, 2.05) is 27.7 Å². The van der Waals surface area contributed by atoms with Gasteiger partial charge in [0.25, 0.3) is 0 Å². The molecule has 0 aromatic heterocycles. The minimum absolute atomic E-state index is 0. The lowest BCUT2D eigenvalue weighted by atomic mass is 9.99. The first-order valence-corrected chi connectivity index (χ1v) is 9.82. The molecule has 0 aliphatic heterocycles. The van der Waals surface area contributed by atoms with Gasteiger partial charge in [-0.05, 0) is 44.1 Å². The third-order valence-corrected chi connectivity index (χ3v) is 4.41. The molecular formula is C18H36Cl2N4O3. The summed E-state index contributed by atoms with van der Waals surface area (Å²) in [5.74, 6) is -1.04. The van der Waals surface area contributed by atoms with Gasteiger partial charge in [0, 0.05) is 0 Å². The first-order valence-electron chi connectivity index (χ1n) is 9.29. The summed E-state index contributed by atoms with van der Waals surface area (Å²) < 4.78 is 0. The molecule has 0 saturated heterocycles. The van der Waals surface area contributed by atoms with Crippen molar-refractivity contribution < 1.29 is 14.4 Å². The van der Waals surface area contributed by atoms with Crippen molar-refractivity contribution in [3.63, 3.8) is 0 Å². The molecule has 0 rings (SSSR count). The van der Waals surface area contributed by atoms with Crippen molar-refractivity contribution in [2.24, 2.45) is 23.3 Å². The Morgan fingerprint density at radius 2 is 1.52 bits per heavy atom. The SMILES string of the molecule is CC(C)CC(NC(=O)C(N)C(C)C)C(=O)NC(CCCCN)C(=O)CCl.Cl. The summed E-state index contributed by atoms with van der Waals surface area (Å²) in [5, 5.41) is 5.45. The summed E-state index contributed by atoms with van der Waals surface area (Å²) >= 11 is 5.66. The predicted molar refractivity (Wildman–Crippen MR) is 112 cm³/mol. The average molecular weight is 427 g/mol. The fourth-order valence-corrected chi connectivity index (χ4v) is 2.63. The Morgan fingerprint density at radius 1 is 0.963 bits per heavy atom. The highest BCUT2D eigenvalue weighted by molar-refractivity contribution is 6.28. The van der Waals surface area contributed by atoms with Crippen LogP contribution < -0.4 is 22.1 Å². The highest BCUT2D eigenvalue weighted by Gasteiger charge is 2.28. The third kappa shape index (κ3) is 11.5. The lowest BCUT2D eigenvalue weighted by Gasteiger charge is -2.25. The zero-order valence-corrected chi connectivity index (χ0v) is 18.4. The highest BCUT2D eigenvalue weighted by atomic mass is 35.5. The molecule has 0 aliphatic carbocycles. The van der Waals surface area contributed by atoms with Gasteiger partial charge < -0.3 is 22.1 Å². The van der Waals surface area contributed by atoms with E-state index in [0.717, 1.165) is 6.42 Å². The van der Waals surface area contributed by atoms with E-state index < -0.39 is 18.1 Å². The second-order valence-electron chi connectivity index (χ2n) is 7.41. The Bertz CT molecular complexity index is 462. The van der Waals surface area contributed by atoms with Crippen LogP contribution in [-0.2, 0) is 14.4 Å². The van der Waals surface area contributed by atoms with Crippen LogP contribution in [0.3, 0.4) is 0 Å². The fourth-order valence-electron chi connectivity index (χ4n) is 2.45. The van der Waals surface area contributed by atoms with Crippen LogP contribution in [-0.4, -0.2) is 48.1 Å². The topological polar surface area (TPSA) is 127 Å². The molecule has 0 fully saturated rings. The van der Waals surface area contributed by atoms with Crippen LogP contribution in [0.4, 0.5) is 0 Å². The van der Waals surface area contributed by atoms with Crippen molar-refractivity contribution >= 4 is 41.6 Å². The highest BCUT2D eigenvalue weighted by Crippen LogP contribution is 2.09. The minimum atomic E-state index is -0.743. The molecule has 3 unspecified atom stereocenters. The van der Waals surface area contributed by atoms with E-state index in [4.69, 9.17) is 23.1 Å². The van der Waals surface area contributed by atoms with Gasteiger partial charge in [0.1, 0.15) is 6.04 Å². The first-order chi connectivity index (χ1) is 12.1. The molecule has 3 atom stereocenters. The largest absolute Gasteiger partial charge is 0.344 e. The lowest BCUT2D eigenvalue weighted by molar-refractivity contribution is -0.132. The van der Waals surface area contributed by atoms with Crippen LogP contribution >= 0.6 is 24.0 Å². The molecule has 27 heavy (non-hydrogen) atoms. The number of amides is 2. The maximum Gasteiger partial charge on any atom is 0.243 e. The Labute approximate surface area is 174 Å². The number of alkyl halides is 1. The maximum atomic E-state index is 12.7. The van der Waals surface area contributed by atoms with Crippen LogP contribution in [0.5, 0.6) is 0 Å². The number of nitrogens with two attached hydrogens (primary N) is 2. The number of nitrogens with one attached hydrogen (secondary N) is 2. The van der Waals surface area contributed by atoms with Gasteiger partial charge in [-0.1, -0.05) is 27.7 Å². The number of unbranched alkanes of at least 4 members (excludes halogenated alkanes) is 1. The monoisotopic (exact) mass is 426 g/mol. The predicted octanol–water partition coefficient (Wildman–Crippen LogP) is 1.34. The molecule has 0 bridgehead atoms. The smallest absolute Gasteiger partial charge is 0.243 e.